The van der Waals surface area contributed by atoms with Crippen LogP contribution in [0.5, 0.6) is 5.75 Å². The van der Waals surface area contributed by atoms with Crippen LogP contribution < -0.4 is 4.74 Å². The number of halogens is 6. The topological polar surface area (TPSA) is 9.23 Å². The van der Waals surface area contributed by atoms with Crippen molar-refractivity contribution in [2.45, 2.75) is 32.5 Å². The van der Waals surface area contributed by atoms with Gasteiger partial charge in [-0.3, -0.25) is 0 Å². The van der Waals surface area contributed by atoms with E-state index in [0.29, 0.717) is 33.0 Å². The lowest BCUT2D eigenvalue weighted by molar-refractivity contribution is -0.275. The van der Waals surface area contributed by atoms with Gasteiger partial charge in [-0.15, -0.1) is 13.2 Å². The zero-order chi connectivity index (χ0) is 24.5. The molecule has 1 nitrogen and oxygen atoms in total. The minimum absolute atomic E-state index is 0.218. The molecule has 0 aliphatic heterocycles. The molecular formula is C27H20F6O. The van der Waals surface area contributed by atoms with Gasteiger partial charge in [-0.1, -0.05) is 49.4 Å². The van der Waals surface area contributed by atoms with Gasteiger partial charge in [0.05, 0.1) is 0 Å². The minimum atomic E-state index is -4.98. The van der Waals surface area contributed by atoms with E-state index in [4.69, 9.17) is 0 Å². The quantitative estimate of drug-likeness (QED) is 0.256. The Morgan fingerprint density at radius 3 is 2.15 bits per heavy atom. The largest absolute Gasteiger partial charge is 0.573 e. The second-order valence-electron chi connectivity index (χ2n) is 7.95. The van der Waals surface area contributed by atoms with Crippen molar-refractivity contribution in [1.29, 1.82) is 0 Å². The minimum Gasteiger partial charge on any atom is -0.403 e. The molecule has 0 saturated heterocycles. The lowest BCUT2D eigenvalue weighted by atomic mass is 9.96. The van der Waals surface area contributed by atoms with Crippen molar-refractivity contribution in [2.75, 3.05) is 0 Å². The molecular weight excluding hydrogens is 454 g/mol. The molecule has 0 saturated carbocycles. The number of aryl methyl sites for hydroxylation is 3. The Hall–Kier alpha value is -3.48. The Balaban J connectivity index is 1.54. The van der Waals surface area contributed by atoms with E-state index in [2.05, 4.69) is 4.74 Å². The fourth-order valence-corrected chi connectivity index (χ4v) is 3.90. The van der Waals surface area contributed by atoms with E-state index in [0.717, 1.165) is 24.1 Å². The van der Waals surface area contributed by atoms with Gasteiger partial charge < -0.3 is 4.74 Å². The highest BCUT2D eigenvalue weighted by Gasteiger charge is 2.32. The Labute approximate surface area is 192 Å². The molecule has 176 valence electrons. The number of hydrogen-bond acceptors (Lipinski definition) is 1. The molecule has 7 heteroatoms. The first-order valence-corrected chi connectivity index (χ1v) is 10.7. The molecule has 0 unspecified atom stereocenters. The van der Waals surface area contributed by atoms with Crippen molar-refractivity contribution < 1.29 is 31.1 Å². The molecule has 0 amide bonds. The predicted octanol–water partition coefficient (Wildman–Crippen LogP) is 8.17. The third-order valence-corrected chi connectivity index (χ3v) is 5.69. The highest BCUT2D eigenvalue weighted by Crippen LogP contribution is 2.31. The van der Waals surface area contributed by atoms with Crippen molar-refractivity contribution in [3.63, 3.8) is 0 Å². The normalized spacial score (nSPS) is 11.7. The zero-order valence-corrected chi connectivity index (χ0v) is 18.1. The van der Waals surface area contributed by atoms with Gasteiger partial charge in [0.2, 0.25) is 0 Å². The number of fused-ring (bicyclic) bond motifs is 1. The van der Waals surface area contributed by atoms with Gasteiger partial charge in [0.1, 0.15) is 11.6 Å². The second kappa shape index (κ2) is 9.41. The van der Waals surface area contributed by atoms with Crippen LogP contribution in [0.2, 0.25) is 0 Å². The maximum absolute atomic E-state index is 15.1. The molecule has 0 atom stereocenters. The van der Waals surface area contributed by atoms with Crippen molar-refractivity contribution in [3.8, 4) is 16.9 Å². The average molecular weight is 474 g/mol. The molecule has 0 N–H and O–H groups in total. The van der Waals surface area contributed by atoms with Gasteiger partial charge in [0.15, 0.2) is 11.6 Å². The summed E-state index contributed by atoms with van der Waals surface area (Å²) in [5, 5.41) is 0.976. The van der Waals surface area contributed by atoms with E-state index in [1.54, 1.807) is 36.4 Å². The molecule has 4 rings (SSSR count). The first kappa shape index (κ1) is 23.7. The summed E-state index contributed by atoms with van der Waals surface area (Å²) in [5.41, 5.74) is 2.75. The Bertz CT molecular complexity index is 1340. The van der Waals surface area contributed by atoms with Crippen LogP contribution in [0.4, 0.5) is 26.3 Å². The summed E-state index contributed by atoms with van der Waals surface area (Å²) in [6.07, 6.45) is -3.82. The van der Waals surface area contributed by atoms with Crippen molar-refractivity contribution in [1.82, 2.24) is 0 Å². The molecule has 0 bridgehead atoms. The van der Waals surface area contributed by atoms with Crippen LogP contribution in [0.25, 0.3) is 21.9 Å². The maximum Gasteiger partial charge on any atom is 0.573 e. The average Bonchev–Trinajstić information content (AvgIpc) is 2.79. The second-order valence-corrected chi connectivity index (χ2v) is 7.95. The molecule has 0 radical (unpaired) electrons. The van der Waals surface area contributed by atoms with E-state index in [9.17, 15) is 22.0 Å². The molecule has 0 aliphatic carbocycles. The van der Waals surface area contributed by atoms with Crippen LogP contribution in [-0.4, -0.2) is 6.36 Å². The number of rotatable bonds is 6. The van der Waals surface area contributed by atoms with Crippen LogP contribution >= 0.6 is 0 Å². The van der Waals surface area contributed by atoms with Crippen LogP contribution in [-0.2, 0) is 19.3 Å². The zero-order valence-electron chi connectivity index (χ0n) is 18.1. The maximum atomic E-state index is 15.1. The number of alkyl halides is 3. The molecule has 0 aliphatic rings. The standard InChI is InChI=1S/C27H20F6O/c1-2-16-4-10-21(23(28)13-16)19-9-11-22-20(15-19)8-7-18(26(22)30)6-3-17-5-12-25(24(29)14-17)34-27(31,32)33/h4-5,7-15H,2-3,6H2,1H3. The van der Waals surface area contributed by atoms with Crippen LogP contribution in [0.1, 0.15) is 23.6 Å². The lowest BCUT2D eigenvalue weighted by Gasteiger charge is -2.12. The number of ether oxygens (including phenoxy) is 1. The lowest BCUT2D eigenvalue weighted by Crippen LogP contribution is -2.18. The summed E-state index contributed by atoms with van der Waals surface area (Å²) in [6.45, 7) is 1.94. The van der Waals surface area contributed by atoms with Crippen molar-refractivity contribution >= 4 is 10.8 Å². The van der Waals surface area contributed by atoms with Gasteiger partial charge in [-0.05, 0) is 71.2 Å². The van der Waals surface area contributed by atoms with E-state index >= 15 is 4.39 Å². The van der Waals surface area contributed by atoms with Gasteiger partial charge in [-0.2, -0.15) is 0 Å². The van der Waals surface area contributed by atoms with E-state index in [1.807, 2.05) is 13.0 Å². The molecule has 34 heavy (non-hydrogen) atoms. The molecule has 4 aromatic rings. The fraction of sp³-hybridized carbons (Fsp3) is 0.185. The summed E-state index contributed by atoms with van der Waals surface area (Å²) in [6, 6.07) is 16.6. The SMILES string of the molecule is CCc1ccc(-c2ccc3c(F)c(CCc4ccc(OC(F)(F)F)c(F)c4)ccc3c2)c(F)c1. The van der Waals surface area contributed by atoms with Crippen LogP contribution in [0, 0.1) is 17.5 Å². The molecule has 0 fully saturated rings. The third-order valence-electron chi connectivity index (χ3n) is 5.69. The molecule has 0 aromatic heterocycles. The van der Waals surface area contributed by atoms with Gasteiger partial charge in [0.25, 0.3) is 0 Å². The fourth-order valence-electron chi connectivity index (χ4n) is 3.90. The smallest absolute Gasteiger partial charge is 0.403 e. The summed E-state index contributed by atoms with van der Waals surface area (Å²) in [4.78, 5) is 0. The van der Waals surface area contributed by atoms with Gasteiger partial charge >= 0.3 is 6.36 Å². The van der Waals surface area contributed by atoms with Gasteiger partial charge in [-0.25, -0.2) is 13.2 Å². The highest BCUT2D eigenvalue weighted by atomic mass is 19.4. The van der Waals surface area contributed by atoms with Crippen LogP contribution in [0.3, 0.4) is 0 Å². The number of benzene rings is 4. The van der Waals surface area contributed by atoms with E-state index < -0.39 is 23.7 Å². The number of hydrogen-bond donors (Lipinski definition) is 0. The predicted molar refractivity (Wildman–Crippen MR) is 119 cm³/mol. The molecule has 4 aromatic carbocycles. The van der Waals surface area contributed by atoms with Crippen molar-refractivity contribution in [3.05, 3.63) is 101 Å². The van der Waals surface area contributed by atoms with Crippen molar-refractivity contribution in [2.24, 2.45) is 0 Å². The summed E-state index contributed by atoms with van der Waals surface area (Å²) in [5.74, 6) is -2.83. The first-order valence-electron chi connectivity index (χ1n) is 10.7. The summed E-state index contributed by atoms with van der Waals surface area (Å²) in [7, 11) is 0. The Morgan fingerprint density at radius 2 is 1.47 bits per heavy atom. The van der Waals surface area contributed by atoms with E-state index in [-0.39, 0.29) is 18.7 Å². The third kappa shape index (κ3) is 5.19. The molecule has 0 spiro atoms. The summed E-state index contributed by atoms with van der Waals surface area (Å²) < 4.78 is 84.0. The highest BCUT2D eigenvalue weighted by molar-refractivity contribution is 5.88. The van der Waals surface area contributed by atoms with Gasteiger partial charge in [0, 0.05) is 10.9 Å². The van der Waals surface area contributed by atoms with E-state index in [1.165, 1.54) is 12.1 Å². The van der Waals surface area contributed by atoms with Crippen LogP contribution in [0.15, 0.2) is 66.7 Å². The molecule has 0 heterocycles. The summed E-state index contributed by atoms with van der Waals surface area (Å²) >= 11 is 0. The Morgan fingerprint density at radius 1 is 0.735 bits per heavy atom. The Kier molecular flexibility index (Phi) is 6.55. The monoisotopic (exact) mass is 474 g/mol. The first-order chi connectivity index (χ1) is 16.1.